The van der Waals surface area contributed by atoms with E-state index in [-0.39, 0.29) is 5.54 Å². The topological polar surface area (TPSA) is 32.5 Å². The molecule has 0 saturated heterocycles. The van der Waals surface area contributed by atoms with Crippen LogP contribution in [0.5, 0.6) is 0 Å². The second kappa shape index (κ2) is 7.61. The van der Waals surface area contributed by atoms with Crippen molar-refractivity contribution in [3.05, 3.63) is 0 Å². The van der Waals surface area contributed by atoms with Crippen LogP contribution in [0.25, 0.3) is 0 Å². The summed E-state index contributed by atoms with van der Waals surface area (Å²) in [5.41, 5.74) is 6.50. The van der Waals surface area contributed by atoms with Crippen molar-refractivity contribution in [3.8, 4) is 0 Å². The predicted octanol–water partition coefficient (Wildman–Crippen LogP) is 2.41. The average Bonchev–Trinajstić information content (AvgIpc) is 2.35. The third kappa shape index (κ3) is 4.17. The highest BCUT2D eigenvalue weighted by Gasteiger charge is 2.43. The van der Waals surface area contributed by atoms with Crippen molar-refractivity contribution in [2.24, 2.45) is 17.6 Å². The Kier molecular flexibility index (Phi) is 6.78. The molecule has 1 rings (SSSR count). The van der Waals surface area contributed by atoms with Crippen LogP contribution in [0.15, 0.2) is 0 Å². The summed E-state index contributed by atoms with van der Waals surface area (Å²) in [7, 11) is 4.32. The highest BCUT2D eigenvalue weighted by atomic mass is 15.2. The molecule has 0 heterocycles. The van der Waals surface area contributed by atoms with Crippen molar-refractivity contribution in [2.45, 2.75) is 52.0 Å². The van der Waals surface area contributed by atoms with E-state index < -0.39 is 0 Å². The fourth-order valence-electron chi connectivity index (χ4n) is 3.73. The number of likely N-dealkylation sites (N-methyl/N-ethyl adjacent to an activating group) is 1. The number of nitrogens with two attached hydrogens (primary N) is 1. The van der Waals surface area contributed by atoms with Gasteiger partial charge >= 0.3 is 0 Å². The maximum absolute atomic E-state index is 6.26. The van der Waals surface area contributed by atoms with Gasteiger partial charge in [-0.3, -0.25) is 4.90 Å². The zero-order valence-electron chi connectivity index (χ0n) is 13.8. The van der Waals surface area contributed by atoms with Gasteiger partial charge in [0.2, 0.25) is 0 Å². The second-order valence-corrected chi connectivity index (χ2v) is 6.88. The lowest BCUT2D eigenvalue weighted by molar-refractivity contribution is -0.00354. The summed E-state index contributed by atoms with van der Waals surface area (Å²) < 4.78 is 0. The zero-order valence-corrected chi connectivity index (χ0v) is 13.8. The van der Waals surface area contributed by atoms with Crippen molar-refractivity contribution in [3.63, 3.8) is 0 Å². The molecule has 19 heavy (non-hydrogen) atoms. The van der Waals surface area contributed by atoms with Crippen LogP contribution < -0.4 is 5.73 Å². The Morgan fingerprint density at radius 1 is 1.16 bits per heavy atom. The van der Waals surface area contributed by atoms with Gasteiger partial charge in [0.25, 0.3) is 0 Å². The van der Waals surface area contributed by atoms with Crippen LogP contribution >= 0.6 is 0 Å². The largest absolute Gasteiger partial charge is 0.329 e. The van der Waals surface area contributed by atoms with Crippen LogP contribution in [0, 0.1) is 11.8 Å². The Bertz CT molecular complexity index is 254. The molecule has 0 bridgehead atoms. The van der Waals surface area contributed by atoms with E-state index in [0.717, 1.165) is 31.5 Å². The van der Waals surface area contributed by atoms with E-state index in [9.17, 15) is 0 Å². The highest BCUT2D eigenvalue weighted by molar-refractivity contribution is 4.99. The van der Waals surface area contributed by atoms with Crippen LogP contribution in [0.4, 0.5) is 0 Å². The molecular formula is C16H35N3. The van der Waals surface area contributed by atoms with Crippen molar-refractivity contribution < 1.29 is 0 Å². The minimum absolute atomic E-state index is 0.249. The van der Waals surface area contributed by atoms with Crippen LogP contribution in [0.2, 0.25) is 0 Å². The number of hydrogen-bond acceptors (Lipinski definition) is 3. The van der Waals surface area contributed by atoms with Crippen LogP contribution in [-0.4, -0.2) is 55.6 Å². The maximum atomic E-state index is 6.26. The molecule has 0 aromatic rings. The number of rotatable bonds is 7. The quantitative estimate of drug-likeness (QED) is 0.770. The first-order valence-electron chi connectivity index (χ1n) is 8.06. The predicted molar refractivity (Wildman–Crippen MR) is 84.4 cm³/mol. The molecule has 0 aromatic carbocycles. The van der Waals surface area contributed by atoms with Gasteiger partial charge in [0.15, 0.2) is 0 Å². The van der Waals surface area contributed by atoms with E-state index in [2.05, 4.69) is 44.7 Å². The third-order valence-corrected chi connectivity index (χ3v) is 5.04. The first-order valence-corrected chi connectivity index (χ1v) is 8.06. The summed E-state index contributed by atoms with van der Waals surface area (Å²) in [5.74, 6) is 1.59. The van der Waals surface area contributed by atoms with Crippen molar-refractivity contribution >= 4 is 0 Å². The summed E-state index contributed by atoms with van der Waals surface area (Å²) in [6.45, 7) is 11.4. The first-order chi connectivity index (χ1) is 8.96. The van der Waals surface area contributed by atoms with Gasteiger partial charge in [0.1, 0.15) is 0 Å². The van der Waals surface area contributed by atoms with E-state index >= 15 is 0 Å². The smallest absolute Gasteiger partial charge is 0.0357 e. The molecule has 0 aliphatic heterocycles. The Morgan fingerprint density at radius 2 is 1.84 bits per heavy atom. The molecule has 1 aliphatic rings. The highest BCUT2D eigenvalue weighted by Crippen LogP contribution is 2.40. The molecule has 0 radical (unpaired) electrons. The van der Waals surface area contributed by atoms with Gasteiger partial charge in [0, 0.05) is 25.2 Å². The monoisotopic (exact) mass is 269 g/mol. The van der Waals surface area contributed by atoms with E-state index in [1.165, 1.54) is 32.2 Å². The van der Waals surface area contributed by atoms with Gasteiger partial charge < -0.3 is 10.6 Å². The van der Waals surface area contributed by atoms with Gasteiger partial charge in [-0.2, -0.15) is 0 Å². The maximum Gasteiger partial charge on any atom is 0.0357 e. The molecular weight excluding hydrogens is 234 g/mol. The Balaban J connectivity index is 2.81. The van der Waals surface area contributed by atoms with Crippen molar-refractivity contribution in [2.75, 3.05) is 40.3 Å². The summed E-state index contributed by atoms with van der Waals surface area (Å²) >= 11 is 0. The summed E-state index contributed by atoms with van der Waals surface area (Å²) in [5, 5.41) is 0. The molecule has 1 aliphatic carbocycles. The van der Waals surface area contributed by atoms with E-state index in [1.54, 1.807) is 0 Å². The van der Waals surface area contributed by atoms with Crippen LogP contribution in [0.1, 0.15) is 46.5 Å². The third-order valence-electron chi connectivity index (χ3n) is 5.04. The molecule has 2 N–H and O–H groups in total. The first kappa shape index (κ1) is 16.9. The zero-order chi connectivity index (χ0) is 14.5. The molecule has 0 spiro atoms. The summed E-state index contributed by atoms with van der Waals surface area (Å²) in [6, 6.07) is 0. The van der Waals surface area contributed by atoms with Gasteiger partial charge in [-0.25, -0.2) is 0 Å². The molecule has 3 nitrogen and oxygen atoms in total. The molecule has 1 fully saturated rings. The second-order valence-electron chi connectivity index (χ2n) is 6.88. The standard InChI is InChI=1S/C16H35N3/c1-6-9-19(11-10-18(4)5)16(13-17)8-7-14(2)12-15(16)3/h14-15H,6-13,17H2,1-5H3. The molecule has 0 amide bonds. The number of nitrogens with zero attached hydrogens (tertiary/aromatic N) is 2. The lowest BCUT2D eigenvalue weighted by Gasteiger charge is -2.52. The van der Waals surface area contributed by atoms with Crippen molar-refractivity contribution in [1.29, 1.82) is 0 Å². The van der Waals surface area contributed by atoms with E-state index in [1.807, 2.05) is 0 Å². The lowest BCUT2D eigenvalue weighted by Crippen LogP contribution is -2.61. The minimum atomic E-state index is 0.249. The lowest BCUT2D eigenvalue weighted by atomic mass is 9.69. The Morgan fingerprint density at radius 3 is 2.32 bits per heavy atom. The molecule has 3 atom stereocenters. The van der Waals surface area contributed by atoms with Crippen LogP contribution in [-0.2, 0) is 0 Å². The molecule has 1 saturated carbocycles. The van der Waals surface area contributed by atoms with Gasteiger partial charge in [-0.15, -0.1) is 0 Å². The summed E-state index contributed by atoms with van der Waals surface area (Å²) in [6.07, 6.45) is 5.17. The van der Waals surface area contributed by atoms with Gasteiger partial charge in [-0.1, -0.05) is 20.8 Å². The van der Waals surface area contributed by atoms with E-state index in [4.69, 9.17) is 5.73 Å². The molecule has 3 unspecified atom stereocenters. The molecule has 0 aromatic heterocycles. The van der Waals surface area contributed by atoms with Crippen molar-refractivity contribution in [1.82, 2.24) is 9.80 Å². The molecule has 114 valence electrons. The Hall–Kier alpha value is -0.120. The van der Waals surface area contributed by atoms with Crippen LogP contribution in [0.3, 0.4) is 0 Å². The summed E-state index contributed by atoms with van der Waals surface area (Å²) in [4.78, 5) is 4.98. The number of hydrogen-bond donors (Lipinski definition) is 1. The fourth-order valence-corrected chi connectivity index (χ4v) is 3.73. The normalized spacial score (nSPS) is 32.2. The fraction of sp³-hybridized carbons (Fsp3) is 1.00. The van der Waals surface area contributed by atoms with E-state index in [0.29, 0.717) is 0 Å². The van der Waals surface area contributed by atoms with Gasteiger partial charge in [0.05, 0.1) is 0 Å². The van der Waals surface area contributed by atoms with Gasteiger partial charge in [-0.05, 0) is 58.2 Å². The average molecular weight is 269 g/mol. The SMILES string of the molecule is CCCN(CCN(C)C)C1(CN)CCC(C)CC1C. The Labute approximate surface area is 120 Å². The molecule has 3 heteroatoms. The minimum Gasteiger partial charge on any atom is -0.329 e.